The second-order valence-corrected chi connectivity index (χ2v) is 4.65. The second kappa shape index (κ2) is 11.9. The minimum Gasteiger partial charge on any atom is -0.466 e. The first kappa shape index (κ1) is 17.2. The standard InChI is InChI=1S/C18H24O3/c1-20-18(19)14-10-5-3-2-4-6-11-15-21-16-17-12-8-7-9-13-17/h2,4,7-10,12-14H,3,5-6,11,15-16H2,1H3/b4-2+,14-10-. The minimum atomic E-state index is -0.297. The lowest BCUT2D eigenvalue weighted by molar-refractivity contribution is -0.134. The van der Waals surface area contributed by atoms with E-state index in [2.05, 4.69) is 29.0 Å². The molecule has 0 spiro atoms. The molecule has 0 N–H and O–H groups in total. The van der Waals surface area contributed by atoms with Gasteiger partial charge in [-0.25, -0.2) is 4.79 Å². The van der Waals surface area contributed by atoms with Crippen LogP contribution in [0.2, 0.25) is 0 Å². The van der Waals surface area contributed by atoms with E-state index < -0.39 is 0 Å². The van der Waals surface area contributed by atoms with Gasteiger partial charge in [-0.2, -0.15) is 0 Å². The summed E-state index contributed by atoms with van der Waals surface area (Å²) in [4.78, 5) is 10.8. The molecular formula is C18H24O3. The molecule has 0 heterocycles. The fourth-order valence-corrected chi connectivity index (χ4v) is 1.74. The summed E-state index contributed by atoms with van der Waals surface area (Å²) in [5.74, 6) is -0.297. The summed E-state index contributed by atoms with van der Waals surface area (Å²) in [5, 5.41) is 0. The maximum Gasteiger partial charge on any atom is 0.330 e. The lowest BCUT2D eigenvalue weighted by Crippen LogP contribution is -1.94. The van der Waals surface area contributed by atoms with Crippen molar-refractivity contribution in [2.24, 2.45) is 0 Å². The van der Waals surface area contributed by atoms with E-state index in [0.29, 0.717) is 6.61 Å². The van der Waals surface area contributed by atoms with E-state index in [1.807, 2.05) is 24.3 Å². The Morgan fingerprint density at radius 1 is 1.05 bits per heavy atom. The number of unbranched alkanes of at least 4 members (excludes halogenated alkanes) is 2. The Kier molecular flexibility index (Phi) is 9.75. The van der Waals surface area contributed by atoms with Gasteiger partial charge in [0.2, 0.25) is 0 Å². The molecule has 114 valence electrons. The van der Waals surface area contributed by atoms with E-state index in [0.717, 1.165) is 32.3 Å². The van der Waals surface area contributed by atoms with Crippen LogP contribution in [-0.4, -0.2) is 19.7 Å². The van der Waals surface area contributed by atoms with Crippen LogP contribution in [0.3, 0.4) is 0 Å². The van der Waals surface area contributed by atoms with Gasteiger partial charge in [-0.05, 0) is 31.2 Å². The quantitative estimate of drug-likeness (QED) is 0.282. The molecule has 0 aliphatic rings. The van der Waals surface area contributed by atoms with Crippen LogP contribution in [0, 0.1) is 0 Å². The van der Waals surface area contributed by atoms with Gasteiger partial charge in [-0.1, -0.05) is 48.6 Å². The van der Waals surface area contributed by atoms with E-state index in [9.17, 15) is 4.79 Å². The molecule has 0 aliphatic heterocycles. The molecule has 3 heteroatoms. The Balaban J connectivity index is 1.93. The van der Waals surface area contributed by atoms with Crippen molar-refractivity contribution in [3.05, 3.63) is 60.2 Å². The van der Waals surface area contributed by atoms with Crippen molar-refractivity contribution in [1.82, 2.24) is 0 Å². The van der Waals surface area contributed by atoms with Crippen LogP contribution in [0.25, 0.3) is 0 Å². The molecule has 0 amide bonds. The highest BCUT2D eigenvalue weighted by atomic mass is 16.5. The summed E-state index contributed by atoms with van der Waals surface area (Å²) in [6, 6.07) is 10.2. The van der Waals surface area contributed by atoms with Crippen molar-refractivity contribution >= 4 is 5.97 Å². The predicted molar refractivity (Wildman–Crippen MR) is 84.9 cm³/mol. The van der Waals surface area contributed by atoms with Gasteiger partial charge in [0.05, 0.1) is 13.7 Å². The Morgan fingerprint density at radius 2 is 1.76 bits per heavy atom. The molecule has 3 nitrogen and oxygen atoms in total. The lowest BCUT2D eigenvalue weighted by Gasteiger charge is -2.02. The Bertz CT molecular complexity index is 435. The van der Waals surface area contributed by atoms with E-state index >= 15 is 0 Å². The van der Waals surface area contributed by atoms with Crippen LogP contribution in [0.5, 0.6) is 0 Å². The number of ether oxygens (including phenoxy) is 2. The zero-order valence-electron chi connectivity index (χ0n) is 12.7. The van der Waals surface area contributed by atoms with Gasteiger partial charge in [0.1, 0.15) is 0 Å². The third kappa shape index (κ3) is 9.63. The van der Waals surface area contributed by atoms with Crippen molar-refractivity contribution in [2.75, 3.05) is 13.7 Å². The summed E-state index contributed by atoms with van der Waals surface area (Å²) in [7, 11) is 1.38. The van der Waals surface area contributed by atoms with E-state index in [4.69, 9.17) is 4.74 Å². The first-order valence-corrected chi connectivity index (χ1v) is 7.34. The molecular weight excluding hydrogens is 264 g/mol. The maximum absolute atomic E-state index is 10.8. The zero-order chi connectivity index (χ0) is 15.2. The fourth-order valence-electron chi connectivity index (χ4n) is 1.74. The van der Waals surface area contributed by atoms with Gasteiger partial charge < -0.3 is 9.47 Å². The number of hydrogen-bond acceptors (Lipinski definition) is 3. The van der Waals surface area contributed by atoms with Crippen LogP contribution in [-0.2, 0) is 20.9 Å². The summed E-state index contributed by atoms with van der Waals surface area (Å²) in [5.41, 5.74) is 1.21. The van der Waals surface area contributed by atoms with Crippen LogP contribution < -0.4 is 0 Å². The van der Waals surface area contributed by atoms with Gasteiger partial charge >= 0.3 is 5.97 Å². The molecule has 0 fully saturated rings. The average Bonchev–Trinajstić information content (AvgIpc) is 2.53. The smallest absolute Gasteiger partial charge is 0.330 e. The fraction of sp³-hybridized carbons (Fsp3) is 0.389. The van der Waals surface area contributed by atoms with E-state index in [-0.39, 0.29) is 5.97 Å². The number of hydrogen-bond donors (Lipinski definition) is 0. The van der Waals surface area contributed by atoms with Gasteiger partial charge in [-0.15, -0.1) is 0 Å². The molecule has 1 aromatic rings. The summed E-state index contributed by atoms with van der Waals surface area (Å²) < 4.78 is 10.1. The largest absolute Gasteiger partial charge is 0.466 e. The number of benzene rings is 1. The molecule has 0 radical (unpaired) electrons. The van der Waals surface area contributed by atoms with Gasteiger partial charge in [0.15, 0.2) is 0 Å². The minimum absolute atomic E-state index is 0.297. The van der Waals surface area contributed by atoms with Crippen LogP contribution in [0.4, 0.5) is 0 Å². The highest BCUT2D eigenvalue weighted by Gasteiger charge is 1.91. The highest BCUT2D eigenvalue weighted by molar-refractivity contribution is 5.81. The van der Waals surface area contributed by atoms with Crippen molar-refractivity contribution < 1.29 is 14.3 Å². The summed E-state index contributed by atoms with van der Waals surface area (Å²) in [6.07, 6.45) is 11.5. The second-order valence-electron chi connectivity index (χ2n) is 4.65. The topological polar surface area (TPSA) is 35.5 Å². The van der Waals surface area contributed by atoms with Crippen LogP contribution >= 0.6 is 0 Å². The third-order valence-corrected chi connectivity index (χ3v) is 2.89. The number of esters is 1. The molecule has 0 bridgehead atoms. The number of allylic oxidation sites excluding steroid dienone is 3. The van der Waals surface area contributed by atoms with Crippen LogP contribution in [0.1, 0.15) is 31.2 Å². The van der Waals surface area contributed by atoms with Gasteiger partial charge in [-0.3, -0.25) is 0 Å². The lowest BCUT2D eigenvalue weighted by atomic mass is 10.2. The first-order valence-electron chi connectivity index (χ1n) is 7.34. The van der Waals surface area contributed by atoms with Crippen molar-refractivity contribution in [3.63, 3.8) is 0 Å². The van der Waals surface area contributed by atoms with Crippen molar-refractivity contribution in [1.29, 1.82) is 0 Å². The summed E-state index contributed by atoms with van der Waals surface area (Å²) >= 11 is 0. The van der Waals surface area contributed by atoms with E-state index in [1.54, 1.807) is 0 Å². The van der Waals surface area contributed by atoms with Crippen molar-refractivity contribution in [2.45, 2.75) is 32.3 Å². The van der Waals surface area contributed by atoms with Gasteiger partial charge in [0.25, 0.3) is 0 Å². The average molecular weight is 288 g/mol. The van der Waals surface area contributed by atoms with Crippen molar-refractivity contribution in [3.8, 4) is 0 Å². The number of rotatable bonds is 10. The number of carbonyl (C=O) groups is 1. The SMILES string of the molecule is COC(=O)/C=C\CC/C=C/CCCOCc1ccccc1. The number of carbonyl (C=O) groups excluding carboxylic acids is 1. The molecule has 0 aliphatic carbocycles. The molecule has 0 saturated carbocycles. The normalized spacial score (nSPS) is 11.3. The Labute approximate surface area is 127 Å². The van der Waals surface area contributed by atoms with Gasteiger partial charge in [0, 0.05) is 12.7 Å². The van der Waals surface area contributed by atoms with E-state index in [1.165, 1.54) is 18.7 Å². The molecule has 0 aromatic heterocycles. The Morgan fingerprint density at radius 3 is 2.52 bits per heavy atom. The third-order valence-electron chi connectivity index (χ3n) is 2.89. The molecule has 21 heavy (non-hydrogen) atoms. The molecule has 1 rings (SSSR count). The summed E-state index contributed by atoms with van der Waals surface area (Å²) in [6.45, 7) is 1.46. The molecule has 0 unspecified atom stereocenters. The highest BCUT2D eigenvalue weighted by Crippen LogP contribution is 2.02. The monoisotopic (exact) mass is 288 g/mol. The molecule has 0 atom stereocenters. The first-order chi connectivity index (χ1) is 10.3. The van der Waals surface area contributed by atoms with Crippen LogP contribution in [0.15, 0.2) is 54.6 Å². The maximum atomic E-state index is 10.8. The predicted octanol–water partition coefficient (Wildman–Crippen LogP) is 4.05. The molecule has 1 aromatic carbocycles. The Hall–Kier alpha value is -1.87. The molecule has 0 saturated heterocycles. The zero-order valence-corrected chi connectivity index (χ0v) is 12.7. The number of methoxy groups -OCH3 is 1.